The van der Waals surface area contributed by atoms with Crippen LogP contribution in [-0.4, -0.2) is 19.6 Å². The normalized spacial score (nSPS) is 13.1. The van der Waals surface area contributed by atoms with Crippen molar-refractivity contribution in [2.75, 3.05) is 0 Å². The van der Waals surface area contributed by atoms with Crippen molar-refractivity contribution in [2.45, 2.75) is 124 Å². The summed E-state index contributed by atoms with van der Waals surface area (Å²) in [4.78, 5) is 10.5. The van der Waals surface area contributed by atoms with Crippen LogP contribution >= 0.6 is 0 Å². The first-order valence-corrected chi connectivity index (χ1v) is 23.9. The summed E-state index contributed by atoms with van der Waals surface area (Å²) in [5.74, 6) is 1.84. The van der Waals surface area contributed by atoms with Gasteiger partial charge in [-0.25, -0.2) is 4.98 Å². The fraction of sp³-hybridized carbons (Fsp3) is 0.311. The maximum absolute atomic E-state index is 12.7. The van der Waals surface area contributed by atoms with Crippen molar-refractivity contribution in [1.29, 1.82) is 0 Å². The minimum Gasteiger partial charge on any atom is -0.507 e. The number of phenolic OH excluding ortho intramolecular Hbond substituents is 1. The van der Waals surface area contributed by atoms with Gasteiger partial charge in [0.2, 0.25) is 0 Å². The number of hydrogen-bond donors (Lipinski definition) is 1. The highest BCUT2D eigenvalue weighted by molar-refractivity contribution is 5.98. The maximum Gasteiger partial charge on any atom is 0.149 e. The quantitative estimate of drug-likeness (QED) is 0.112. The fourth-order valence-electron chi connectivity index (χ4n) is 9.76. The minimum atomic E-state index is -0.425. The van der Waals surface area contributed by atoms with Crippen LogP contribution in [0.4, 0.5) is 0 Å². The summed E-state index contributed by atoms with van der Waals surface area (Å²) < 4.78 is 44.7. The van der Waals surface area contributed by atoms with Gasteiger partial charge in [-0.2, -0.15) is 0 Å². The molecular formula is C61H67N3O. The van der Waals surface area contributed by atoms with E-state index in [2.05, 4.69) is 164 Å². The van der Waals surface area contributed by atoms with Gasteiger partial charge < -0.3 is 5.11 Å². The van der Waals surface area contributed by atoms with E-state index in [1.165, 1.54) is 11.1 Å². The number of aromatic hydroxyl groups is 1. The van der Waals surface area contributed by atoms with Gasteiger partial charge in [-0.05, 0) is 155 Å². The van der Waals surface area contributed by atoms with E-state index in [-0.39, 0.29) is 46.8 Å². The van der Waals surface area contributed by atoms with Crippen molar-refractivity contribution >= 4 is 11.0 Å². The maximum atomic E-state index is 12.7. The highest BCUT2D eigenvalue weighted by Crippen LogP contribution is 2.46. The highest BCUT2D eigenvalue weighted by Gasteiger charge is 2.27. The first kappa shape index (κ1) is 39.1. The number of phenols is 1. The SMILES string of the molecule is [2H]c1c([2H])c([2H])c(-c2ccnc(-c3cc(-c4cccc5c4nc(-c4cc(C(CC)CC)cc(C(CC)CC)c4O)n5-c4ccc(C(CC)CC)cc4-c4ccccc4)cc(C(C)(C)C)c3)c2)c([2H])c1[2H]. The van der Waals surface area contributed by atoms with E-state index in [1.807, 2.05) is 6.07 Å². The van der Waals surface area contributed by atoms with E-state index in [1.54, 1.807) is 12.3 Å². The molecule has 65 heavy (non-hydrogen) atoms. The van der Waals surface area contributed by atoms with Gasteiger partial charge in [-0.3, -0.25) is 9.55 Å². The molecule has 0 saturated heterocycles. The Morgan fingerprint density at radius 1 is 0.569 bits per heavy atom. The van der Waals surface area contributed by atoms with Gasteiger partial charge in [0, 0.05) is 22.9 Å². The van der Waals surface area contributed by atoms with Crippen LogP contribution in [0.15, 0.2) is 146 Å². The summed E-state index contributed by atoms with van der Waals surface area (Å²) in [7, 11) is 0. The van der Waals surface area contributed by atoms with Crippen molar-refractivity contribution in [3.8, 4) is 67.5 Å². The Morgan fingerprint density at radius 2 is 1.23 bits per heavy atom. The number of rotatable bonds is 15. The zero-order valence-corrected chi connectivity index (χ0v) is 39.7. The van der Waals surface area contributed by atoms with Crippen molar-refractivity contribution < 1.29 is 12.0 Å². The second-order valence-electron chi connectivity index (χ2n) is 18.6. The molecule has 8 aromatic rings. The number of benzene rings is 6. The number of hydrogen-bond acceptors (Lipinski definition) is 3. The van der Waals surface area contributed by atoms with Crippen LogP contribution in [0.25, 0.3) is 72.7 Å². The average molecular weight is 863 g/mol. The van der Waals surface area contributed by atoms with E-state index < -0.39 is 6.04 Å². The van der Waals surface area contributed by atoms with E-state index in [9.17, 15) is 5.11 Å². The van der Waals surface area contributed by atoms with Gasteiger partial charge in [0.25, 0.3) is 0 Å². The Hall–Kier alpha value is -6.26. The molecule has 0 aliphatic rings. The molecule has 2 aromatic heterocycles. The van der Waals surface area contributed by atoms with Crippen LogP contribution in [0.1, 0.15) is 148 Å². The van der Waals surface area contributed by atoms with Crippen LogP contribution in [0.3, 0.4) is 0 Å². The third kappa shape index (κ3) is 9.06. The molecular weight excluding hydrogens is 791 g/mol. The van der Waals surface area contributed by atoms with Crippen molar-refractivity contribution in [3.05, 3.63) is 168 Å². The molecule has 0 spiro atoms. The number of fused-ring (bicyclic) bond motifs is 1. The molecule has 1 N–H and O–H groups in total. The van der Waals surface area contributed by atoms with Crippen molar-refractivity contribution in [1.82, 2.24) is 14.5 Å². The minimum absolute atomic E-state index is 0.136. The lowest BCUT2D eigenvalue weighted by molar-refractivity contribution is 0.457. The van der Waals surface area contributed by atoms with E-state index >= 15 is 0 Å². The summed E-state index contributed by atoms with van der Waals surface area (Å²) >= 11 is 0. The summed E-state index contributed by atoms with van der Waals surface area (Å²) in [6.45, 7) is 20.0. The Labute approximate surface area is 395 Å². The second-order valence-corrected chi connectivity index (χ2v) is 18.6. The van der Waals surface area contributed by atoms with Crippen LogP contribution in [0.5, 0.6) is 5.75 Å². The molecule has 0 aliphatic carbocycles. The topological polar surface area (TPSA) is 50.9 Å². The van der Waals surface area contributed by atoms with E-state index in [4.69, 9.17) is 16.8 Å². The highest BCUT2D eigenvalue weighted by atomic mass is 16.3. The summed E-state index contributed by atoms with van der Waals surface area (Å²) in [6, 6.07) is 36.6. The van der Waals surface area contributed by atoms with E-state index in [0.29, 0.717) is 34.5 Å². The molecule has 0 fully saturated rings. The first-order chi connectivity index (χ1) is 33.6. The summed E-state index contributed by atoms with van der Waals surface area (Å²) in [5, 5.41) is 12.7. The van der Waals surface area contributed by atoms with Gasteiger partial charge in [0.05, 0.1) is 34.8 Å². The predicted molar refractivity (Wildman–Crippen MR) is 276 cm³/mol. The zero-order valence-electron chi connectivity index (χ0n) is 44.7. The number of imidazole rings is 1. The molecule has 0 bridgehead atoms. The molecule has 0 aliphatic heterocycles. The van der Waals surface area contributed by atoms with Crippen LogP contribution < -0.4 is 0 Å². The molecule has 4 nitrogen and oxygen atoms in total. The van der Waals surface area contributed by atoms with E-state index in [0.717, 1.165) is 94.2 Å². The Morgan fingerprint density at radius 3 is 1.91 bits per heavy atom. The van der Waals surface area contributed by atoms with Crippen LogP contribution in [0.2, 0.25) is 0 Å². The standard InChI is InChI=1S/C61H67N3O/c1-10-40(11-2)45-29-30-56(52(36-45)44-25-20-17-21-26-44)64-57-28-22-27-51(58(57)63-60(64)54-38-47(41(12-3)13-4)37-53(59(54)65)42(14-5)15-6)48-33-49(35-50(34-48)61(7,8)9)55-39-46(31-32-62-55)43-23-18-16-19-24-43/h16-42,65H,10-15H2,1-9H3/i16D,18D,19D,23D,24D. The average Bonchev–Trinajstić information content (AvgIpc) is 3.76. The van der Waals surface area contributed by atoms with Gasteiger partial charge in [0.1, 0.15) is 11.6 Å². The zero-order chi connectivity index (χ0) is 50.2. The number of pyridine rings is 1. The van der Waals surface area contributed by atoms with Crippen LogP contribution in [0, 0.1) is 0 Å². The molecule has 0 atom stereocenters. The van der Waals surface area contributed by atoms with Gasteiger partial charge in [-0.1, -0.05) is 153 Å². The summed E-state index contributed by atoms with van der Waals surface area (Å²) in [6.07, 6.45) is 7.47. The Balaban J connectivity index is 1.46. The predicted octanol–water partition coefficient (Wildman–Crippen LogP) is 17.5. The van der Waals surface area contributed by atoms with Gasteiger partial charge in [-0.15, -0.1) is 0 Å². The smallest absolute Gasteiger partial charge is 0.149 e. The third-order valence-corrected chi connectivity index (χ3v) is 13.7. The summed E-state index contributed by atoms with van der Waals surface area (Å²) in [5.41, 5.74) is 13.7. The number of nitrogens with zero attached hydrogens (tertiary/aromatic N) is 3. The monoisotopic (exact) mass is 863 g/mol. The lowest BCUT2D eigenvalue weighted by atomic mass is 9.83. The van der Waals surface area contributed by atoms with Gasteiger partial charge >= 0.3 is 0 Å². The van der Waals surface area contributed by atoms with Crippen molar-refractivity contribution in [3.63, 3.8) is 0 Å². The second kappa shape index (κ2) is 19.5. The molecule has 332 valence electrons. The van der Waals surface area contributed by atoms with Crippen LogP contribution in [-0.2, 0) is 5.41 Å². The fourth-order valence-corrected chi connectivity index (χ4v) is 9.76. The molecule has 6 aromatic carbocycles. The molecule has 0 amide bonds. The van der Waals surface area contributed by atoms with Crippen molar-refractivity contribution in [2.24, 2.45) is 0 Å². The molecule has 0 unspecified atom stereocenters. The first-order valence-electron chi connectivity index (χ1n) is 26.4. The Bertz CT molecular complexity index is 3170. The largest absolute Gasteiger partial charge is 0.507 e. The molecule has 0 saturated carbocycles. The third-order valence-electron chi connectivity index (χ3n) is 13.7. The molecule has 2 heterocycles. The molecule has 0 radical (unpaired) electrons. The lowest BCUT2D eigenvalue weighted by Gasteiger charge is -2.23. The number of para-hydroxylation sites is 1. The molecule has 4 heteroatoms. The lowest BCUT2D eigenvalue weighted by Crippen LogP contribution is -2.11. The van der Waals surface area contributed by atoms with Gasteiger partial charge in [0.15, 0.2) is 0 Å². The number of aromatic nitrogens is 3. The Kier molecular flexibility index (Phi) is 11.7. The molecule has 8 rings (SSSR count).